The van der Waals surface area contributed by atoms with E-state index in [9.17, 15) is 23.9 Å². The number of carbonyl (C=O) groups is 2. The maximum atomic E-state index is 13.4. The summed E-state index contributed by atoms with van der Waals surface area (Å²) in [6.07, 6.45) is 1.03. The molecule has 1 aliphatic heterocycles. The molecule has 0 bridgehead atoms. The summed E-state index contributed by atoms with van der Waals surface area (Å²) < 4.78 is 17.5. The fourth-order valence-corrected chi connectivity index (χ4v) is 5.55. The molecule has 1 heterocycles. The van der Waals surface area contributed by atoms with Crippen molar-refractivity contribution in [1.29, 1.82) is 0 Å². The number of benzene rings is 2. The average molecular weight is 518 g/mol. The van der Waals surface area contributed by atoms with Gasteiger partial charge in [-0.05, 0) is 46.7 Å². The Labute approximate surface area is 210 Å². The van der Waals surface area contributed by atoms with E-state index in [1.165, 1.54) is 18.7 Å². The van der Waals surface area contributed by atoms with Gasteiger partial charge < -0.3 is 14.5 Å². The van der Waals surface area contributed by atoms with E-state index >= 15 is 0 Å². The number of ether oxygens (including phenoxy) is 1. The molecule has 0 aliphatic carbocycles. The fourth-order valence-electron chi connectivity index (χ4n) is 3.84. The second-order valence-electron chi connectivity index (χ2n) is 10.7. The molecular formula is C26H32NO6PS. The molecule has 2 aromatic rings. The third kappa shape index (κ3) is 6.44. The van der Waals surface area contributed by atoms with Crippen LogP contribution in [0.3, 0.4) is 0 Å². The molecule has 2 aromatic carbocycles. The lowest BCUT2D eigenvalue weighted by molar-refractivity contribution is -0.132. The van der Waals surface area contributed by atoms with Crippen LogP contribution < -0.4 is 9.64 Å². The molecule has 0 fully saturated rings. The zero-order valence-electron chi connectivity index (χ0n) is 21.1. The topological polar surface area (TPSA) is 104 Å². The lowest BCUT2D eigenvalue weighted by Gasteiger charge is -2.31. The lowest BCUT2D eigenvalue weighted by atomic mass is 9.78. The van der Waals surface area contributed by atoms with Crippen molar-refractivity contribution in [3.05, 3.63) is 58.0 Å². The van der Waals surface area contributed by atoms with E-state index in [0.717, 1.165) is 26.5 Å². The second kappa shape index (κ2) is 9.58. The predicted molar refractivity (Wildman–Crippen MR) is 140 cm³/mol. The minimum Gasteiger partial charge on any atom is -0.426 e. The number of thioether (sulfide) groups is 1. The Morgan fingerprint density at radius 3 is 2.09 bits per heavy atom. The van der Waals surface area contributed by atoms with Gasteiger partial charge in [0.25, 0.3) is 5.91 Å². The van der Waals surface area contributed by atoms with Crippen LogP contribution in [-0.2, 0) is 25.0 Å². The maximum Gasteiger partial charge on any atom is 0.345 e. The van der Waals surface area contributed by atoms with Crippen LogP contribution in [-0.4, -0.2) is 27.9 Å². The molecule has 9 heteroatoms. The number of hydrogen-bond donors (Lipinski definition) is 2. The van der Waals surface area contributed by atoms with Gasteiger partial charge in [-0.3, -0.25) is 19.1 Å². The summed E-state index contributed by atoms with van der Waals surface area (Å²) in [5.74, 6) is -0.360. The number of amides is 1. The quantitative estimate of drug-likeness (QED) is 0.228. The predicted octanol–water partition coefficient (Wildman–Crippen LogP) is 5.82. The standard InChI is InChI=1S/C26H32NO6PS/c1-16(28)33-23-18(25(2,3)4)12-17(13-19(23)26(5,6)7)14-22-24(29)27(15-34(30,31)32)20-10-8-9-11-21(20)35-22/h8-14H,15H2,1-7H3,(H2,30,31,32). The number of para-hydroxylation sites is 1. The van der Waals surface area contributed by atoms with Gasteiger partial charge in [-0.2, -0.15) is 0 Å². The third-order valence-electron chi connectivity index (χ3n) is 5.43. The van der Waals surface area contributed by atoms with Crippen molar-refractivity contribution in [2.75, 3.05) is 11.2 Å². The second-order valence-corrected chi connectivity index (χ2v) is 13.4. The monoisotopic (exact) mass is 517 g/mol. The number of fused-ring (bicyclic) bond motifs is 1. The van der Waals surface area contributed by atoms with Crippen LogP contribution in [0.1, 0.15) is 65.2 Å². The first-order chi connectivity index (χ1) is 16.0. The van der Waals surface area contributed by atoms with Crippen LogP contribution in [0, 0.1) is 0 Å². The minimum absolute atomic E-state index is 0.345. The number of nitrogens with zero attached hydrogens (tertiary/aromatic N) is 1. The molecule has 0 radical (unpaired) electrons. The van der Waals surface area contributed by atoms with Gasteiger partial charge in [-0.25, -0.2) is 0 Å². The number of esters is 1. The Kier molecular flexibility index (Phi) is 7.45. The van der Waals surface area contributed by atoms with E-state index in [-0.39, 0.29) is 10.8 Å². The number of rotatable bonds is 4. The van der Waals surface area contributed by atoms with Crippen molar-refractivity contribution < 1.29 is 28.7 Å². The highest BCUT2D eigenvalue weighted by molar-refractivity contribution is 8.04. The van der Waals surface area contributed by atoms with E-state index < -0.39 is 25.8 Å². The van der Waals surface area contributed by atoms with Gasteiger partial charge in [0.2, 0.25) is 0 Å². The zero-order valence-corrected chi connectivity index (χ0v) is 22.8. The molecule has 188 valence electrons. The summed E-state index contributed by atoms with van der Waals surface area (Å²) in [7, 11) is -4.50. The van der Waals surface area contributed by atoms with Crippen molar-refractivity contribution in [1.82, 2.24) is 0 Å². The van der Waals surface area contributed by atoms with E-state index in [4.69, 9.17) is 4.74 Å². The van der Waals surface area contributed by atoms with E-state index in [2.05, 4.69) is 0 Å². The molecule has 0 aromatic heterocycles. The highest BCUT2D eigenvalue weighted by Crippen LogP contribution is 2.47. The summed E-state index contributed by atoms with van der Waals surface area (Å²) in [6, 6.07) is 10.9. The van der Waals surface area contributed by atoms with Gasteiger partial charge in [-0.1, -0.05) is 65.4 Å². The van der Waals surface area contributed by atoms with Crippen LogP contribution in [0.2, 0.25) is 0 Å². The largest absolute Gasteiger partial charge is 0.426 e. The van der Waals surface area contributed by atoms with Crippen molar-refractivity contribution in [2.24, 2.45) is 0 Å². The Bertz CT molecular complexity index is 1210. The van der Waals surface area contributed by atoms with Gasteiger partial charge in [0, 0.05) is 22.9 Å². The van der Waals surface area contributed by atoms with Crippen molar-refractivity contribution in [3.63, 3.8) is 0 Å². The van der Waals surface area contributed by atoms with Crippen LogP contribution in [0.4, 0.5) is 5.69 Å². The molecule has 1 aliphatic rings. The fraction of sp³-hybridized carbons (Fsp3) is 0.385. The first-order valence-electron chi connectivity index (χ1n) is 11.2. The van der Waals surface area contributed by atoms with Crippen molar-refractivity contribution in [2.45, 2.75) is 64.2 Å². The molecule has 0 atom stereocenters. The highest BCUT2D eigenvalue weighted by Gasteiger charge is 2.34. The Balaban J connectivity index is 2.22. The molecule has 0 saturated carbocycles. The normalized spacial score (nSPS) is 15.9. The summed E-state index contributed by atoms with van der Waals surface area (Å²) >= 11 is 1.26. The van der Waals surface area contributed by atoms with Crippen molar-refractivity contribution in [3.8, 4) is 5.75 Å². The van der Waals surface area contributed by atoms with Crippen LogP contribution in [0.5, 0.6) is 5.75 Å². The molecular weight excluding hydrogens is 485 g/mol. The highest BCUT2D eigenvalue weighted by atomic mass is 32.2. The van der Waals surface area contributed by atoms with E-state index in [1.807, 2.05) is 65.8 Å². The molecule has 35 heavy (non-hydrogen) atoms. The van der Waals surface area contributed by atoms with E-state index in [0.29, 0.717) is 16.3 Å². The number of hydrogen-bond acceptors (Lipinski definition) is 5. The van der Waals surface area contributed by atoms with E-state index in [1.54, 1.807) is 18.2 Å². The summed E-state index contributed by atoms with van der Waals surface area (Å²) in [5, 5.41) is 0. The molecule has 0 spiro atoms. The molecule has 0 unspecified atom stereocenters. The minimum atomic E-state index is -4.50. The summed E-state index contributed by atoms with van der Waals surface area (Å²) in [5.41, 5.74) is 2.14. The lowest BCUT2D eigenvalue weighted by Crippen LogP contribution is -2.35. The molecule has 2 N–H and O–H groups in total. The first-order valence-corrected chi connectivity index (χ1v) is 13.8. The van der Waals surface area contributed by atoms with Gasteiger partial charge in [0.15, 0.2) is 0 Å². The van der Waals surface area contributed by atoms with Crippen LogP contribution in [0.25, 0.3) is 6.08 Å². The molecule has 7 nitrogen and oxygen atoms in total. The first kappa shape index (κ1) is 27.2. The van der Waals surface area contributed by atoms with Crippen molar-refractivity contribution >= 4 is 43.0 Å². The number of carbonyl (C=O) groups excluding carboxylic acids is 2. The summed E-state index contributed by atoms with van der Waals surface area (Å²) in [6.45, 7) is 13.5. The zero-order chi connectivity index (χ0) is 26.3. The van der Waals surface area contributed by atoms with Gasteiger partial charge in [0.1, 0.15) is 12.0 Å². The molecule has 3 rings (SSSR count). The average Bonchev–Trinajstić information content (AvgIpc) is 2.69. The summed E-state index contributed by atoms with van der Waals surface area (Å²) in [4.78, 5) is 46.7. The molecule has 0 saturated heterocycles. The SMILES string of the molecule is CC(=O)Oc1c(C(C)(C)C)cc(C=C2Sc3ccccc3N(CP(=O)(O)O)C2=O)cc1C(C)(C)C. The Hall–Kier alpha value is -2.38. The van der Waals surface area contributed by atoms with Crippen LogP contribution >= 0.6 is 19.4 Å². The van der Waals surface area contributed by atoms with Gasteiger partial charge >= 0.3 is 13.6 Å². The van der Waals surface area contributed by atoms with Crippen LogP contribution in [0.15, 0.2) is 46.2 Å². The Morgan fingerprint density at radius 1 is 1.06 bits per heavy atom. The van der Waals surface area contributed by atoms with Gasteiger partial charge in [-0.15, -0.1) is 0 Å². The third-order valence-corrected chi connectivity index (χ3v) is 7.16. The maximum absolute atomic E-state index is 13.4. The smallest absolute Gasteiger partial charge is 0.345 e. The molecule has 1 amide bonds. The van der Waals surface area contributed by atoms with Gasteiger partial charge in [0.05, 0.1) is 10.6 Å². The Morgan fingerprint density at radius 2 is 1.60 bits per heavy atom. The number of anilines is 1.